The van der Waals surface area contributed by atoms with Crippen LogP contribution in [0.3, 0.4) is 0 Å². The van der Waals surface area contributed by atoms with E-state index in [1.54, 1.807) is 0 Å². The summed E-state index contributed by atoms with van der Waals surface area (Å²) in [6, 6.07) is 2.76. The molecule has 0 aromatic carbocycles. The molecule has 1 aliphatic carbocycles. The fourth-order valence-corrected chi connectivity index (χ4v) is 2.63. The minimum atomic E-state index is 0.458. The normalized spacial score (nSPS) is 15.6. The molecule has 0 aliphatic heterocycles. The molecule has 1 saturated carbocycles. The van der Waals surface area contributed by atoms with Crippen LogP contribution in [0.15, 0.2) is 6.07 Å². The first kappa shape index (κ1) is 14.8. The largest absolute Gasteiger partial charge is 0.338 e. The third-order valence-corrected chi connectivity index (χ3v) is 4.32. The molecule has 0 radical (unpaired) electrons. The Morgan fingerprint density at radius 3 is 2.63 bits per heavy atom. The van der Waals surface area contributed by atoms with Gasteiger partial charge in [0.15, 0.2) is 0 Å². The fourth-order valence-electron chi connectivity index (χ4n) is 2.38. The molecule has 0 spiro atoms. The number of nitrogens with zero attached hydrogens (tertiary/aromatic N) is 3. The molecule has 3 nitrogen and oxygen atoms in total. The summed E-state index contributed by atoms with van der Waals surface area (Å²) in [5.74, 6) is 1.40. The zero-order valence-electron chi connectivity index (χ0n) is 12.2. The third-order valence-electron chi connectivity index (χ3n) is 3.76. The molecule has 106 valence electrons. The molecule has 0 unspecified atom stereocenters. The van der Waals surface area contributed by atoms with E-state index in [-0.39, 0.29) is 0 Å². The van der Waals surface area contributed by atoms with E-state index in [9.17, 15) is 0 Å². The summed E-state index contributed by atoms with van der Waals surface area (Å²) in [7, 11) is 0. The summed E-state index contributed by atoms with van der Waals surface area (Å²) in [6.45, 7) is 7.51. The van der Waals surface area contributed by atoms with Gasteiger partial charge >= 0.3 is 0 Å². The number of alkyl halides is 1. The SMILES string of the molecule is Cc1cc(C(C)C)nc(N(CCCBr)C2CCC2)n1. The predicted molar refractivity (Wildman–Crippen MR) is 84.3 cm³/mol. The maximum Gasteiger partial charge on any atom is 0.226 e. The van der Waals surface area contributed by atoms with Gasteiger partial charge in [0.2, 0.25) is 5.95 Å². The second-order valence-electron chi connectivity index (χ2n) is 5.71. The van der Waals surface area contributed by atoms with Crippen molar-refractivity contribution in [2.45, 2.75) is 58.4 Å². The molecular formula is C15H24BrN3. The van der Waals surface area contributed by atoms with Gasteiger partial charge in [0.05, 0.1) is 0 Å². The molecule has 1 aliphatic rings. The zero-order chi connectivity index (χ0) is 13.8. The Bertz CT molecular complexity index is 416. The highest BCUT2D eigenvalue weighted by molar-refractivity contribution is 9.09. The van der Waals surface area contributed by atoms with Crippen molar-refractivity contribution < 1.29 is 0 Å². The molecule has 2 rings (SSSR count). The summed E-state index contributed by atoms with van der Waals surface area (Å²) in [5.41, 5.74) is 2.24. The predicted octanol–water partition coefficient (Wildman–Crippen LogP) is 4.05. The standard InChI is InChI=1S/C15H24BrN3/c1-11(2)14-10-12(3)17-15(18-14)19(9-5-8-16)13-6-4-7-13/h10-11,13H,4-9H2,1-3H3. The Labute approximate surface area is 125 Å². The average molecular weight is 326 g/mol. The molecule has 0 atom stereocenters. The summed E-state index contributed by atoms with van der Waals surface area (Å²) in [4.78, 5) is 11.9. The lowest BCUT2D eigenvalue weighted by Crippen LogP contribution is -2.42. The van der Waals surface area contributed by atoms with Crippen LogP contribution >= 0.6 is 15.9 Å². The van der Waals surface area contributed by atoms with Crippen molar-refractivity contribution in [3.05, 3.63) is 17.5 Å². The highest BCUT2D eigenvalue weighted by Gasteiger charge is 2.27. The van der Waals surface area contributed by atoms with Gasteiger partial charge in [-0.25, -0.2) is 9.97 Å². The van der Waals surface area contributed by atoms with Crippen LogP contribution < -0.4 is 4.90 Å². The lowest BCUT2D eigenvalue weighted by Gasteiger charge is -2.38. The average Bonchev–Trinajstić information content (AvgIpc) is 2.31. The van der Waals surface area contributed by atoms with Crippen LogP contribution in [-0.4, -0.2) is 27.9 Å². The van der Waals surface area contributed by atoms with E-state index in [1.165, 1.54) is 19.3 Å². The number of rotatable bonds is 6. The van der Waals surface area contributed by atoms with E-state index in [4.69, 9.17) is 4.98 Å². The molecule has 19 heavy (non-hydrogen) atoms. The van der Waals surface area contributed by atoms with Gasteiger partial charge in [-0.3, -0.25) is 0 Å². The van der Waals surface area contributed by atoms with Crippen LogP contribution in [-0.2, 0) is 0 Å². The summed E-state index contributed by atoms with van der Waals surface area (Å²) >= 11 is 3.52. The summed E-state index contributed by atoms with van der Waals surface area (Å²) in [6.07, 6.45) is 5.07. The summed E-state index contributed by atoms with van der Waals surface area (Å²) < 4.78 is 0. The van der Waals surface area contributed by atoms with E-state index in [0.29, 0.717) is 12.0 Å². The van der Waals surface area contributed by atoms with Gasteiger partial charge in [-0.15, -0.1) is 0 Å². The molecular weight excluding hydrogens is 302 g/mol. The van der Waals surface area contributed by atoms with E-state index in [0.717, 1.165) is 35.6 Å². The topological polar surface area (TPSA) is 29.0 Å². The first-order valence-corrected chi connectivity index (χ1v) is 8.42. The maximum absolute atomic E-state index is 4.79. The molecule has 0 saturated heterocycles. The zero-order valence-corrected chi connectivity index (χ0v) is 13.8. The van der Waals surface area contributed by atoms with Gasteiger partial charge in [-0.05, 0) is 44.6 Å². The highest BCUT2D eigenvalue weighted by Crippen LogP contribution is 2.28. The molecule has 0 bridgehead atoms. The minimum absolute atomic E-state index is 0.458. The number of aromatic nitrogens is 2. The van der Waals surface area contributed by atoms with Gasteiger partial charge < -0.3 is 4.90 Å². The first-order valence-electron chi connectivity index (χ1n) is 7.30. The smallest absolute Gasteiger partial charge is 0.226 e. The van der Waals surface area contributed by atoms with Crippen molar-refractivity contribution in [1.82, 2.24) is 9.97 Å². The lowest BCUT2D eigenvalue weighted by atomic mass is 9.91. The van der Waals surface area contributed by atoms with Crippen LogP contribution in [0.5, 0.6) is 0 Å². The molecule has 4 heteroatoms. The second-order valence-corrected chi connectivity index (χ2v) is 6.50. The molecule has 1 fully saturated rings. The Kier molecular flexibility index (Phi) is 5.20. The number of aryl methyl sites for hydroxylation is 1. The molecule has 1 aromatic rings. The summed E-state index contributed by atoms with van der Waals surface area (Å²) in [5, 5.41) is 1.04. The van der Waals surface area contributed by atoms with Gasteiger partial charge in [0, 0.05) is 29.3 Å². The Hall–Kier alpha value is -0.640. The second kappa shape index (κ2) is 6.69. The Morgan fingerprint density at radius 2 is 2.11 bits per heavy atom. The number of hydrogen-bond acceptors (Lipinski definition) is 3. The van der Waals surface area contributed by atoms with Crippen molar-refractivity contribution in [3.8, 4) is 0 Å². The molecule has 0 amide bonds. The van der Waals surface area contributed by atoms with Crippen molar-refractivity contribution in [1.29, 1.82) is 0 Å². The van der Waals surface area contributed by atoms with Crippen LogP contribution in [0, 0.1) is 6.92 Å². The fraction of sp³-hybridized carbons (Fsp3) is 0.733. The van der Waals surface area contributed by atoms with E-state index >= 15 is 0 Å². The van der Waals surface area contributed by atoms with Gasteiger partial charge in [-0.1, -0.05) is 29.8 Å². The quantitative estimate of drug-likeness (QED) is 0.739. The van der Waals surface area contributed by atoms with Crippen molar-refractivity contribution in [3.63, 3.8) is 0 Å². The van der Waals surface area contributed by atoms with Crippen LogP contribution in [0.2, 0.25) is 0 Å². The van der Waals surface area contributed by atoms with Crippen LogP contribution in [0.25, 0.3) is 0 Å². The van der Waals surface area contributed by atoms with Gasteiger partial charge in [-0.2, -0.15) is 0 Å². The number of hydrogen-bond donors (Lipinski definition) is 0. The highest BCUT2D eigenvalue weighted by atomic mass is 79.9. The van der Waals surface area contributed by atoms with Crippen LogP contribution in [0.4, 0.5) is 5.95 Å². The molecule has 1 heterocycles. The Balaban J connectivity index is 2.24. The lowest BCUT2D eigenvalue weighted by molar-refractivity contribution is 0.381. The van der Waals surface area contributed by atoms with E-state index in [2.05, 4.69) is 52.7 Å². The third kappa shape index (κ3) is 3.68. The molecule has 0 N–H and O–H groups in total. The van der Waals surface area contributed by atoms with E-state index < -0.39 is 0 Å². The van der Waals surface area contributed by atoms with Crippen LogP contribution in [0.1, 0.15) is 56.8 Å². The first-order chi connectivity index (χ1) is 9.11. The van der Waals surface area contributed by atoms with Crippen molar-refractivity contribution >= 4 is 21.9 Å². The van der Waals surface area contributed by atoms with Gasteiger partial charge in [0.1, 0.15) is 0 Å². The molecule has 1 aromatic heterocycles. The number of anilines is 1. The van der Waals surface area contributed by atoms with Crippen molar-refractivity contribution in [2.24, 2.45) is 0 Å². The van der Waals surface area contributed by atoms with E-state index in [1.807, 2.05) is 0 Å². The Morgan fingerprint density at radius 1 is 1.37 bits per heavy atom. The minimum Gasteiger partial charge on any atom is -0.338 e. The van der Waals surface area contributed by atoms with Gasteiger partial charge in [0.25, 0.3) is 0 Å². The number of halogens is 1. The van der Waals surface area contributed by atoms with Crippen molar-refractivity contribution in [2.75, 3.05) is 16.8 Å². The maximum atomic E-state index is 4.79. The monoisotopic (exact) mass is 325 g/mol.